The number of rotatable bonds is 24. The number of nitrogens with zero attached hydrogens (tertiary/aromatic N) is 1. The van der Waals surface area contributed by atoms with Crippen molar-refractivity contribution in [1.82, 2.24) is 4.90 Å². The van der Waals surface area contributed by atoms with E-state index in [9.17, 15) is 0 Å². The molecule has 1 aromatic rings. The summed E-state index contributed by atoms with van der Waals surface area (Å²) in [7, 11) is 0. The Balaban J connectivity index is 2.53. The second kappa shape index (κ2) is 20.2. The average molecular weight is 500 g/mol. The monoisotopic (exact) mass is 500 g/mol. The average Bonchev–Trinajstić information content (AvgIpc) is 2.85. The maximum absolute atomic E-state index is 2.85. The molecule has 1 heteroatoms. The minimum absolute atomic E-state index is 0.222. The molecule has 0 saturated carbocycles. The Kier molecular flexibility index (Phi) is 18.6. The van der Waals surface area contributed by atoms with Crippen molar-refractivity contribution in [2.24, 2.45) is 0 Å². The molecule has 0 spiro atoms. The summed E-state index contributed by atoms with van der Waals surface area (Å²) in [6.45, 7) is 15.7. The molecule has 1 nitrogen and oxygen atoms in total. The zero-order chi connectivity index (χ0) is 26.5. The summed E-state index contributed by atoms with van der Waals surface area (Å²) < 4.78 is 0. The van der Waals surface area contributed by atoms with Crippen LogP contribution in [0.3, 0.4) is 0 Å². The first-order valence-electron chi connectivity index (χ1n) is 16.1. The molecule has 0 amide bonds. The van der Waals surface area contributed by atoms with Crippen molar-refractivity contribution in [1.29, 1.82) is 0 Å². The van der Waals surface area contributed by atoms with Gasteiger partial charge in [-0.05, 0) is 46.1 Å². The summed E-state index contributed by atoms with van der Waals surface area (Å²) in [6, 6.07) is 11.2. The molecule has 0 aliphatic carbocycles. The van der Waals surface area contributed by atoms with Crippen molar-refractivity contribution in [2.75, 3.05) is 0 Å². The number of hydrogen-bond donors (Lipinski definition) is 0. The third-order valence-corrected chi connectivity index (χ3v) is 8.43. The van der Waals surface area contributed by atoms with E-state index in [0.717, 1.165) is 6.54 Å². The van der Waals surface area contributed by atoms with Crippen molar-refractivity contribution in [3.63, 3.8) is 0 Å². The minimum Gasteiger partial charge on any atom is -0.289 e. The van der Waals surface area contributed by atoms with Crippen LogP contribution in [0.2, 0.25) is 0 Å². The van der Waals surface area contributed by atoms with Crippen LogP contribution in [0.4, 0.5) is 0 Å². The van der Waals surface area contributed by atoms with E-state index in [1.165, 1.54) is 134 Å². The first-order valence-corrected chi connectivity index (χ1v) is 16.1. The predicted molar refractivity (Wildman–Crippen MR) is 164 cm³/mol. The highest BCUT2D eigenvalue weighted by Gasteiger charge is 2.36. The van der Waals surface area contributed by atoms with Gasteiger partial charge in [0.15, 0.2) is 0 Å². The molecule has 210 valence electrons. The summed E-state index contributed by atoms with van der Waals surface area (Å²) in [4.78, 5) is 2.85. The Morgan fingerprint density at radius 1 is 0.472 bits per heavy atom. The van der Waals surface area contributed by atoms with Crippen LogP contribution in [0.25, 0.3) is 0 Å². The van der Waals surface area contributed by atoms with Crippen molar-refractivity contribution in [2.45, 2.75) is 188 Å². The van der Waals surface area contributed by atoms with Gasteiger partial charge in [0, 0.05) is 17.6 Å². The third-order valence-electron chi connectivity index (χ3n) is 8.43. The van der Waals surface area contributed by atoms with Crippen LogP contribution in [0, 0.1) is 0 Å². The Hall–Kier alpha value is -0.820. The van der Waals surface area contributed by atoms with Gasteiger partial charge in [-0.3, -0.25) is 4.90 Å². The van der Waals surface area contributed by atoms with Crippen LogP contribution in [-0.2, 0) is 6.54 Å². The summed E-state index contributed by atoms with van der Waals surface area (Å²) in [5.41, 5.74) is 1.90. The van der Waals surface area contributed by atoms with Gasteiger partial charge >= 0.3 is 0 Å². The number of hydrogen-bond acceptors (Lipinski definition) is 1. The summed E-state index contributed by atoms with van der Waals surface area (Å²) in [5, 5.41) is 0. The molecule has 0 fully saturated rings. The second-order valence-electron chi connectivity index (χ2n) is 12.9. The highest BCUT2D eigenvalue weighted by atomic mass is 15.2. The fraction of sp³-hybridized carbons (Fsp3) is 0.829. The first kappa shape index (κ1) is 33.2. The van der Waals surface area contributed by atoms with Crippen molar-refractivity contribution in [3.8, 4) is 0 Å². The van der Waals surface area contributed by atoms with Crippen LogP contribution >= 0.6 is 0 Å². The lowest BCUT2D eigenvalue weighted by atomic mass is 9.85. The molecular weight excluding hydrogens is 434 g/mol. The molecule has 0 saturated heterocycles. The molecule has 0 aliphatic heterocycles. The van der Waals surface area contributed by atoms with Crippen LogP contribution in [-0.4, -0.2) is 16.0 Å². The lowest BCUT2D eigenvalue weighted by molar-refractivity contribution is -0.00509. The van der Waals surface area contributed by atoms with E-state index >= 15 is 0 Å². The molecule has 0 radical (unpaired) electrons. The summed E-state index contributed by atoms with van der Waals surface area (Å²) in [6.07, 6.45) is 28.0. The molecule has 0 unspecified atom stereocenters. The molecule has 0 bridgehead atoms. The molecule has 0 aliphatic rings. The fourth-order valence-corrected chi connectivity index (χ4v) is 6.02. The van der Waals surface area contributed by atoms with Crippen molar-refractivity contribution < 1.29 is 0 Å². The standard InChI is InChI=1S/C35H65N/c1-7-9-11-13-15-17-19-21-26-30-34(3,4)36(32-33-28-24-23-25-29-33)35(5,6)31-27-22-20-18-16-14-12-10-8-2/h23-25,28-29H,7-22,26-27,30-32H2,1-6H3. The molecule has 1 rings (SSSR count). The molecule has 0 N–H and O–H groups in total. The predicted octanol–water partition coefficient (Wildman–Crippen LogP) is 11.9. The Morgan fingerprint density at radius 3 is 1.17 bits per heavy atom. The van der Waals surface area contributed by atoms with E-state index in [1.54, 1.807) is 0 Å². The molecule has 0 heterocycles. The van der Waals surface area contributed by atoms with E-state index in [1.807, 2.05) is 0 Å². The molecular formula is C35H65N. The van der Waals surface area contributed by atoms with Crippen LogP contribution < -0.4 is 0 Å². The first-order chi connectivity index (χ1) is 17.3. The zero-order valence-corrected chi connectivity index (χ0v) is 25.7. The van der Waals surface area contributed by atoms with E-state index in [-0.39, 0.29) is 11.1 Å². The Morgan fingerprint density at radius 2 is 0.806 bits per heavy atom. The maximum Gasteiger partial charge on any atom is 0.0244 e. The second-order valence-corrected chi connectivity index (χ2v) is 12.9. The number of unbranched alkanes of at least 4 members (excludes halogenated alkanes) is 16. The lowest BCUT2D eigenvalue weighted by Crippen LogP contribution is -2.55. The summed E-state index contributed by atoms with van der Waals surface area (Å²) >= 11 is 0. The molecule has 36 heavy (non-hydrogen) atoms. The third kappa shape index (κ3) is 15.4. The van der Waals surface area contributed by atoms with Crippen LogP contribution in [0.1, 0.15) is 176 Å². The van der Waals surface area contributed by atoms with Gasteiger partial charge in [0.25, 0.3) is 0 Å². The van der Waals surface area contributed by atoms with Crippen LogP contribution in [0.5, 0.6) is 0 Å². The van der Waals surface area contributed by atoms with Gasteiger partial charge in [0.05, 0.1) is 0 Å². The number of benzene rings is 1. The lowest BCUT2D eigenvalue weighted by Gasteiger charge is -2.49. The zero-order valence-electron chi connectivity index (χ0n) is 25.7. The van der Waals surface area contributed by atoms with Crippen molar-refractivity contribution >= 4 is 0 Å². The molecule has 0 aromatic heterocycles. The topological polar surface area (TPSA) is 3.24 Å². The van der Waals surface area contributed by atoms with E-state index in [2.05, 4.69) is 76.8 Å². The van der Waals surface area contributed by atoms with Gasteiger partial charge in [-0.1, -0.05) is 160 Å². The largest absolute Gasteiger partial charge is 0.289 e. The normalized spacial score (nSPS) is 12.5. The van der Waals surface area contributed by atoms with Gasteiger partial charge in [-0.15, -0.1) is 0 Å². The quantitative estimate of drug-likeness (QED) is 0.128. The van der Waals surface area contributed by atoms with Gasteiger partial charge in [0.1, 0.15) is 0 Å². The summed E-state index contributed by atoms with van der Waals surface area (Å²) in [5.74, 6) is 0. The maximum atomic E-state index is 2.85. The molecule has 0 atom stereocenters. The van der Waals surface area contributed by atoms with Crippen molar-refractivity contribution in [3.05, 3.63) is 35.9 Å². The van der Waals surface area contributed by atoms with Gasteiger partial charge in [-0.25, -0.2) is 0 Å². The highest BCUT2D eigenvalue weighted by molar-refractivity contribution is 5.15. The van der Waals surface area contributed by atoms with E-state index in [0.29, 0.717) is 0 Å². The van der Waals surface area contributed by atoms with E-state index < -0.39 is 0 Å². The Bertz CT molecular complexity index is 568. The Labute approximate surface area is 228 Å². The van der Waals surface area contributed by atoms with Crippen LogP contribution in [0.15, 0.2) is 30.3 Å². The SMILES string of the molecule is CCCCCCCCCCCC(C)(C)N(Cc1ccccc1)C(C)(C)CCCCCCCCCCC. The smallest absolute Gasteiger partial charge is 0.0244 e. The molecule has 1 aromatic carbocycles. The van der Waals surface area contributed by atoms with E-state index in [4.69, 9.17) is 0 Å². The highest BCUT2D eigenvalue weighted by Crippen LogP contribution is 2.35. The van der Waals surface area contributed by atoms with Gasteiger partial charge in [0.2, 0.25) is 0 Å². The van der Waals surface area contributed by atoms with Gasteiger partial charge < -0.3 is 0 Å². The fourth-order valence-electron chi connectivity index (χ4n) is 6.02. The minimum atomic E-state index is 0.222. The van der Waals surface area contributed by atoms with Gasteiger partial charge in [-0.2, -0.15) is 0 Å².